The lowest BCUT2D eigenvalue weighted by Gasteiger charge is -2.25. The van der Waals surface area contributed by atoms with Gasteiger partial charge >= 0.3 is 6.01 Å². The second kappa shape index (κ2) is 10.2. The summed E-state index contributed by atoms with van der Waals surface area (Å²) in [6, 6.07) is 7.71. The summed E-state index contributed by atoms with van der Waals surface area (Å²) in [5.41, 5.74) is 1.89. The molecule has 9 nitrogen and oxygen atoms in total. The third-order valence-corrected chi connectivity index (χ3v) is 9.61. The predicted octanol–water partition coefficient (Wildman–Crippen LogP) is 5.09. The van der Waals surface area contributed by atoms with Crippen molar-refractivity contribution in [1.29, 1.82) is 0 Å². The third-order valence-electron chi connectivity index (χ3n) is 9.61. The summed E-state index contributed by atoms with van der Waals surface area (Å²) in [5, 5.41) is 12.5. The van der Waals surface area contributed by atoms with Crippen molar-refractivity contribution in [2.24, 2.45) is 11.3 Å². The number of hydrogen-bond acceptors (Lipinski definition) is 7. The number of hydrogen-bond donors (Lipinski definition) is 1. The zero-order valence-corrected chi connectivity index (χ0v) is 26.0. The number of phenols is 1. The summed E-state index contributed by atoms with van der Waals surface area (Å²) in [6.07, 6.45) is 3.96. The van der Waals surface area contributed by atoms with Crippen LogP contribution in [0.4, 0.5) is 14.6 Å². The molecule has 11 heteroatoms. The van der Waals surface area contributed by atoms with E-state index in [-0.39, 0.29) is 40.1 Å². The number of ether oxygens (including phenoxy) is 2. The highest BCUT2D eigenvalue weighted by atomic mass is 19.1. The Labute approximate surface area is 259 Å². The van der Waals surface area contributed by atoms with Crippen LogP contribution in [0.1, 0.15) is 38.3 Å². The molecule has 1 unspecified atom stereocenters. The maximum Gasteiger partial charge on any atom is 0.319 e. The maximum absolute atomic E-state index is 17.4. The fourth-order valence-corrected chi connectivity index (χ4v) is 7.46. The molecule has 0 bridgehead atoms. The molecule has 2 fully saturated rings. The number of pyridine rings is 1. The molecule has 5 aromatic rings. The van der Waals surface area contributed by atoms with Gasteiger partial charge in [0.2, 0.25) is 6.04 Å². The van der Waals surface area contributed by atoms with E-state index < -0.39 is 11.9 Å². The van der Waals surface area contributed by atoms with Gasteiger partial charge in [-0.25, -0.2) is 8.78 Å². The molecule has 1 saturated carbocycles. The van der Waals surface area contributed by atoms with Crippen molar-refractivity contribution in [3.63, 3.8) is 0 Å². The Morgan fingerprint density at radius 1 is 1.13 bits per heavy atom. The summed E-state index contributed by atoms with van der Waals surface area (Å²) >= 11 is 0. The van der Waals surface area contributed by atoms with Gasteiger partial charge in [-0.15, -0.1) is 9.20 Å². The lowest BCUT2D eigenvalue weighted by Crippen LogP contribution is -2.43. The number of benzene rings is 2. The number of phenolic OH excluding ortho intramolecular Hbond substituents is 1. The summed E-state index contributed by atoms with van der Waals surface area (Å²) in [4.78, 5) is 14.0. The Kier molecular flexibility index (Phi) is 6.44. The number of aromatic nitrogens is 4. The van der Waals surface area contributed by atoms with Gasteiger partial charge in [-0.2, -0.15) is 9.97 Å². The van der Waals surface area contributed by atoms with Crippen molar-refractivity contribution in [1.82, 2.24) is 19.4 Å². The van der Waals surface area contributed by atoms with Crippen LogP contribution < -0.4 is 14.3 Å². The molecule has 1 N–H and O–H groups in total. The van der Waals surface area contributed by atoms with Gasteiger partial charge in [0.1, 0.15) is 28.4 Å². The smallest absolute Gasteiger partial charge is 0.319 e. The van der Waals surface area contributed by atoms with Crippen LogP contribution in [0.3, 0.4) is 0 Å². The molecule has 2 aliphatic heterocycles. The summed E-state index contributed by atoms with van der Waals surface area (Å²) in [6.45, 7) is 7.76. The molecule has 3 aliphatic rings. The van der Waals surface area contributed by atoms with E-state index in [9.17, 15) is 5.11 Å². The van der Waals surface area contributed by atoms with Crippen LogP contribution in [-0.2, 0) is 4.74 Å². The first kappa shape index (κ1) is 28.4. The molecule has 0 amide bonds. The largest absolute Gasteiger partial charge is 0.508 e. The van der Waals surface area contributed by atoms with E-state index in [1.807, 2.05) is 23.9 Å². The van der Waals surface area contributed by atoms with Crippen molar-refractivity contribution < 1.29 is 28.0 Å². The minimum atomic E-state index is -0.583. The van der Waals surface area contributed by atoms with Gasteiger partial charge in [0, 0.05) is 49.0 Å². The summed E-state index contributed by atoms with van der Waals surface area (Å²) in [5.74, 6) is -0.183. The lowest BCUT2D eigenvalue weighted by atomic mass is 9.93. The minimum absolute atomic E-state index is 0.0301. The number of nitrogens with zero attached hydrogens (tertiary/aromatic N) is 6. The summed E-state index contributed by atoms with van der Waals surface area (Å²) < 4.78 is 48.8. The van der Waals surface area contributed by atoms with E-state index in [4.69, 9.17) is 19.4 Å². The zero-order chi connectivity index (χ0) is 31.2. The van der Waals surface area contributed by atoms with Crippen molar-refractivity contribution in [3.05, 3.63) is 53.7 Å². The fourth-order valence-electron chi connectivity index (χ4n) is 7.46. The third kappa shape index (κ3) is 4.50. The van der Waals surface area contributed by atoms with Crippen molar-refractivity contribution in [2.45, 2.75) is 32.7 Å². The van der Waals surface area contributed by atoms with Gasteiger partial charge in [-0.1, -0.05) is 13.0 Å². The highest BCUT2D eigenvalue weighted by Crippen LogP contribution is 2.47. The van der Waals surface area contributed by atoms with Gasteiger partial charge in [0.25, 0.3) is 0 Å². The van der Waals surface area contributed by atoms with E-state index in [2.05, 4.69) is 30.8 Å². The quantitative estimate of drug-likeness (QED) is 0.267. The highest BCUT2D eigenvalue weighted by molar-refractivity contribution is 6.07. The normalized spacial score (nSPS) is 20.6. The van der Waals surface area contributed by atoms with Crippen LogP contribution >= 0.6 is 0 Å². The van der Waals surface area contributed by atoms with Crippen molar-refractivity contribution in [3.8, 4) is 23.0 Å². The first-order valence-corrected chi connectivity index (χ1v) is 15.7. The number of rotatable bonds is 6. The number of halogens is 2. The standard InChI is InChI=1S/C34H36F2N6O3/c1-19-15-40(11-12-44-16-19)32-28-25-7-10-41-20(2)26-24(35)6-5-21-13-22(43)14-23(27(21)26)31(42(25)41)29(36)30(28)37-33(38-32)45-18-34(8-9-34)17-39(3)4/h5-7,10,13-14,19-20H,8-9,11-12,15-18H2,1-4H3/p+1/t19-,20?/m1/s1. The Hall–Kier alpha value is -4.09. The molecule has 0 radical (unpaired) electrons. The van der Waals surface area contributed by atoms with E-state index in [1.54, 1.807) is 16.6 Å². The molecule has 8 rings (SSSR count). The Morgan fingerprint density at radius 3 is 2.73 bits per heavy atom. The first-order valence-electron chi connectivity index (χ1n) is 15.7. The lowest BCUT2D eigenvalue weighted by molar-refractivity contribution is -0.771. The number of anilines is 1. The molecule has 45 heavy (non-hydrogen) atoms. The van der Waals surface area contributed by atoms with Crippen LogP contribution in [-0.4, -0.2) is 78.0 Å². The Balaban J connectivity index is 1.42. The first-order chi connectivity index (χ1) is 21.6. The van der Waals surface area contributed by atoms with Gasteiger partial charge in [0.05, 0.1) is 30.8 Å². The van der Waals surface area contributed by atoms with Crippen LogP contribution in [0.25, 0.3) is 38.4 Å². The average Bonchev–Trinajstić information content (AvgIpc) is 3.70. The molecule has 2 atom stereocenters. The molecule has 1 saturated heterocycles. The molecule has 234 valence electrons. The van der Waals surface area contributed by atoms with E-state index in [0.29, 0.717) is 71.5 Å². The SMILES string of the molecule is CC1c2c(F)ccc3cc(O)cc(c23)-c2c(F)c3nc(OCC4(CN(C)C)CC4)nc(N4CCOC[C@H](C)C4)c3c3cc[n+]1n23. The van der Waals surface area contributed by atoms with Crippen molar-refractivity contribution in [2.75, 3.05) is 58.5 Å². The maximum atomic E-state index is 17.4. The van der Waals surface area contributed by atoms with Gasteiger partial charge in [0.15, 0.2) is 17.7 Å². The Bertz CT molecular complexity index is 2010. The molecule has 2 aromatic carbocycles. The van der Waals surface area contributed by atoms with Crippen LogP contribution in [0.2, 0.25) is 0 Å². The predicted molar refractivity (Wildman–Crippen MR) is 167 cm³/mol. The monoisotopic (exact) mass is 615 g/mol. The average molecular weight is 616 g/mol. The van der Waals surface area contributed by atoms with Crippen LogP contribution in [0, 0.1) is 23.0 Å². The second-order valence-electron chi connectivity index (χ2n) is 13.5. The molecule has 1 aliphatic carbocycles. The number of fused-ring (bicyclic) bond motifs is 3. The highest BCUT2D eigenvalue weighted by Gasteiger charge is 2.44. The zero-order valence-electron chi connectivity index (χ0n) is 26.0. The molecular weight excluding hydrogens is 578 g/mol. The van der Waals surface area contributed by atoms with Gasteiger partial charge in [-0.05, 0) is 56.4 Å². The molecular formula is C34H37F2N6O3+. The Morgan fingerprint density at radius 2 is 1.96 bits per heavy atom. The van der Waals surface area contributed by atoms with E-state index in [0.717, 1.165) is 19.4 Å². The molecule has 3 aromatic heterocycles. The second-order valence-corrected chi connectivity index (χ2v) is 13.5. The van der Waals surface area contributed by atoms with Crippen LogP contribution in [0.15, 0.2) is 36.5 Å². The van der Waals surface area contributed by atoms with E-state index >= 15 is 8.78 Å². The number of aromatic hydroxyl groups is 1. The van der Waals surface area contributed by atoms with Gasteiger partial charge in [-0.3, -0.25) is 0 Å². The fraction of sp³-hybridized carbons (Fsp3) is 0.441. The topological polar surface area (TPSA) is 79.2 Å². The summed E-state index contributed by atoms with van der Waals surface area (Å²) in [7, 11) is 4.10. The van der Waals surface area contributed by atoms with E-state index in [1.165, 1.54) is 12.1 Å². The molecule has 0 spiro atoms. The van der Waals surface area contributed by atoms with Gasteiger partial charge < -0.3 is 24.4 Å². The minimum Gasteiger partial charge on any atom is -0.508 e. The van der Waals surface area contributed by atoms with Crippen molar-refractivity contribution >= 4 is 33.0 Å². The molecule has 5 heterocycles. The van der Waals surface area contributed by atoms with Crippen LogP contribution in [0.5, 0.6) is 11.8 Å².